The number of aliphatic hydroxyl groups excluding tert-OH is 1. The van der Waals surface area contributed by atoms with Crippen LogP contribution >= 0.6 is 11.6 Å². The fraction of sp³-hybridized carbons (Fsp3) is 0.400. The maximum absolute atomic E-state index is 9.64. The summed E-state index contributed by atoms with van der Waals surface area (Å²) < 4.78 is 0. The van der Waals surface area contributed by atoms with E-state index in [1.165, 1.54) is 0 Å². The molecular weight excluding hydrogens is 186 g/mol. The van der Waals surface area contributed by atoms with Gasteiger partial charge in [0.25, 0.3) is 0 Å². The summed E-state index contributed by atoms with van der Waals surface area (Å²) >= 11 is 5.72. The first-order chi connectivity index (χ1) is 6.24. The minimum atomic E-state index is -0.447. The lowest BCUT2D eigenvalue weighted by atomic mass is 10.1. The molecule has 1 unspecified atom stereocenters. The van der Waals surface area contributed by atoms with E-state index in [2.05, 4.69) is 5.32 Å². The molecule has 0 aliphatic heterocycles. The molecule has 0 saturated carbocycles. The Morgan fingerprint density at radius 1 is 1.38 bits per heavy atom. The lowest BCUT2D eigenvalue weighted by molar-refractivity contribution is 0.175. The van der Waals surface area contributed by atoms with E-state index in [1.54, 1.807) is 12.1 Å². The minimum absolute atomic E-state index is 0.447. The zero-order chi connectivity index (χ0) is 9.68. The molecule has 0 heterocycles. The first-order valence-corrected chi connectivity index (χ1v) is 4.76. The molecule has 0 aliphatic rings. The zero-order valence-electron chi connectivity index (χ0n) is 7.63. The molecule has 72 valence electrons. The molecule has 0 saturated heterocycles. The zero-order valence-corrected chi connectivity index (χ0v) is 8.38. The molecule has 1 rings (SSSR count). The largest absolute Gasteiger partial charge is 0.387 e. The lowest BCUT2D eigenvalue weighted by Gasteiger charge is -2.10. The SMILES string of the molecule is CCNCC(O)c1ccc(Cl)cc1. The van der Waals surface area contributed by atoms with Crippen molar-refractivity contribution in [3.63, 3.8) is 0 Å². The third-order valence-corrected chi connectivity index (χ3v) is 2.09. The number of hydrogen-bond donors (Lipinski definition) is 2. The van der Waals surface area contributed by atoms with Crippen molar-refractivity contribution < 1.29 is 5.11 Å². The van der Waals surface area contributed by atoms with E-state index < -0.39 is 6.10 Å². The molecule has 3 heteroatoms. The van der Waals surface area contributed by atoms with E-state index in [0.29, 0.717) is 11.6 Å². The van der Waals surface area contributed by atoms with Crippen molar-refractivity contribution in [3.05, 3.63) is 34.9 Å². The van der Waals surface area contributed by atoms with Crippen molar-refractivity contribution in [1.29, 1.82) is 0 Å². The number of hydrogen-bond acceptors (Lipinski definition) is 2. The maximum Gasteiger partial charge on any atom is 0.0914 e. The fourth-order valence-electron chi connectivity index (χ4n) is 1.08. The first kappa shape index (κ1) is 10.5. The van der Waals surface area contributed by atoms with Gasteiger partial charge in [-0.15, -0.1) is 0 Å². The predicted octanol–water partition coefficient (Wildman–Crippen LogP) is 1.98. The van der Waals surface area contributed by atoms with Crippen molar-refractivity contribution in [1.82, 2.24) is 5.32 Å². The van der Waals surface area contributed by atoms with Crippen molar-refractivity contribution in [2.45, 2.75) is 13.0 Å². The Hall–Kier alpha value is -0.570. The molecule has 0 amide bonds. The molecule has 13 heavy (non-hydrogen) atoms. The Kier molecular flexibility index (Phi) is 4.22. The summed E-state index contributed by atoms with van der Waals surface area (Å²) in [6.45, 7) is 3.46. The summed E-state index contributed by atoms with van der Waals surface area (Å²) in [5.74, 6) is 0. The summed E-state index contributed by atoms with van der Waals surface area (Å²) in [4.78, 5) is 0. The molecule has 0 radical (unpaired) electrons. The first-order valence-electron chi connectivity index (χ1n) is 4.38. The van der Waals surface area contributed by atoms with Crippen LogP contribution in [0.1, 0.15) is 18.6 Å². The third kappa shape index (κ3) is 3.35. The van der Waals surface area contributed by atoms with Gasteiger partial charge in [-0.2, -0.15) is 0 Å². The van der Waals surface area contributed by atoms with Gasteiger partial charge in [-0.1, -0.05) is 30.7 Å². The molecule has 1 atom stereocenters. The highest BCUT2D eigenvalue weighted by molar-refractivity contribution is 6.30. The van der Waals surface area contributed by atoms with Crippen LogP contribution in [0.4, 0.5) is 0 Å². The highest BCUT2D eigenvalue weighted by atomic mass is 35.5. The van der Waals surface area contributed by atoms with Crippen LogP contribution in [0.5, 0.6) is 0 Å². The van der Waals surface area contributed by atoms with Crippen LogP contribution in [0, 0.1) is 0 Å². The lowest BCUT2D eigenvalue weighted by Crippen LogP contribution is -2.20. The van der Waals surface area contributed by atoms with Crippen molar-refractivity contribution in [3.8, 4) is 0 Å². The maximum atomic E-state index is 9.64. The Morgan fingerprint density at radius 2 is 2.00 bits per heavy atom. The van der Waals surface area contributed by atoms with Crippen molar-refractivity contribution in [2.24, 2.45) is 0 Å². The molecule has 0 bridgehead atoms. The van der Waals surface area contributed by atoms with Gasteiger partial charge < -0.3 is 10.4 Å². The summed E-state index contributed by atoms with van der Waals surface area (Å²) in [5, 5.41) is 13.4. The van der Waals surface area contributed by atoms with Crippen LogP contribution in [0.3, 0.4) is 0 Å². The monoisotopic (exact) mass is 199 g/mol. The predicted molar refractivity (Wildman–Crippen MR) is 55.0 cm³/mol. The molecule has 1 aromatic carbocycles. The molecular formula is C10H14ClNO. The average Bonchev–Trinajstić information content (AvgIpc) is 2.15. The van der Waals surface area contributed by atoms with E-state index >= 15 is 0 Å². The van der Waals surface area contributed by atoms with Crippen molar-refractivity contribution >= 4 is 11.6 Å². The average molecular weight is 200 g/mol. The number of benzene rings is 1. The normalized spacial score (nSPS) is 12.8. The summed E-state index contributed by atoms with van der Waals surface area (Å²) in [7, 11) is 0. The van der Waals surface area contributed by atoms with Crippen molar-refractivity contribution in [2.75, 3.05) is 13.1 Å². The van der Waals surface area contributed by atoms with Gasteiger partial charge in [0.1, 0.15) is 0 Å². The Labute approximate surface area is 83.5 Å². The van der Waals surface area contributed by atoms with E-state index in [-0.39, 0.29) is 0 Å². The second-order valence-corrected chi connectivity index (χ2v) is 3.31. The topological polar surface area (TPSA) is 32.3 Å². The Morgan fingerprint density at radius 3 is 2.54 bits per heavy atom. The third-order valence-electron chi connectivity index (χ3n) is 1.84. The quantitative estimate of drug-likeness (QED) is 0.778. The number of aliphatic hydroxyl groups is 1. The van der Waals surface area contributed by atoms with E-state index in [1.807, 2.05) is 19.1 Å². The minimum Gasteiger partial charge on any atom is -0.387 e. The van der Waals surface area contributed by atoms with Gasteiger partial charge >= 0.3 is 0 Å². The van der Waals surface area contributed by atoms with Gasteiger partial charge in [0, 0.05) is 11.6 Å². The van der Waals surface area contributed by atoms with Crippen LogP contribution in [0.25, 0.3) is 0 Å². The van der Waals surface area contributed by atoms with Gasteiger partial charge in [0.05, 0.1) is 6.10 Å². The van der Waals surface area contributed by atoms with Crippen LogP contribution in [0.15, 0.2) is 24.3 Å². The highest BCUT2D eigenvalue weighted by Crippen LogP contribution is 2.15. The van der Waals surface area contributed by atoms with Crippen LogP contribution in [-0.2, 0) is 0 Å². The van der Waals surface area contributed by atoms with Gasteiger partial charge in [0.15, 0.2) is 0 Å². The van der Waals surface area contributed by atoms with E-state index in [9.17, 15) is 5.11 Å². The number of nitrogens with one attached hydrogen (secondary N) is 1. The smallest absolute Gasteiger partial charge is 0.0914 e. The summed E-state index contributed by atoms with van der Waals surface area (Å²) in [5.41, 5.74) is 0.894. The van der Waals surface area contributed by atoms with Crippen LogP contribution in [-0.4, -0.2) is 18.2 Å². The molecule has 1 aromatic rings. The number of likely N-dealkylation sites (N-methyl/N-ethyl adjacent to an activating group) is 1. The van der Waals surface area contributed by atoms with Gasteiger partial charge in [0.2, 0.25) is 0 Å². The van der Waals surface area contributed by atoms with Gasteiger partial charge in [-0.25, -0.2) is 0 Å². The number of halogens is 1. The second kappa shape index (κ2) is 5.22. The molecule has 0 aliphatic carbocycles. The standard InChI is InChI=1S/C10H14ClNO/c1-2-12-7-10(13)8-3-5-9(11)6-4-8/h3-6,10,12-13H,2,7H2,1H3. The number of rotatable bonds is 4. The molecule has 0 aromatic heterocycles. The van der Waals surface area contributed by atoms with Crippen LogP contribution < -0.4 is 5.32 Å². The Bertz CT molecular complexity index is 248. The van der Waals surface area contributed by atoms with E-state index in [0.717, 1.165) is 12.1 Å². The fourth-order valence-corrected chi connectivity index (χ4v) is 1.21. The van der Waals surface area contributed by atoms with E-state index in [4.69, 9.17) is 11.6 Å². The highest BCUT2D eigenvalue weighted by Gasteiger charge is 2.05. The molecule has 2 nitrogen and oxygen atoms in total. The molecule has 0 spiro atoms. The van der Waals surface area contributed by atoms with Gasteiger partial charge in [-0.3, -0.25) is 0 Å². The second-order valence-electron chi connectivity index (χ2n) is 2.88. The Balaban J connectivity index is 2.55. The molecule has 2 N–H and O–H groups in total. The summed E-state index contributed by atoms with van der Waals surface area (Å²) in [6, 6.07) is 7.24. The molecule has 0 fully saturated rings. The van der Waals surface area contributed by atoms with Crippen LogP contribution in [0.2, 0.25) is 5.02 Å². The van der Waals surface area contributed by atoms with Gasteiger partial charge in [-0.05, 0) is 24.2 Å². The summed E-state index contributed by atoms with van der Waals surface area (Å²) in [6.07, 6.45) is -0.447.